The van der Waals surface area contributed by atoms with E-state index < -0.39 is 29.6 Å². The molecule has 1 aromatic rings. The lowest BCUT2D eigenvalue weighted by Gasteiger charge is -2.44. The number of hydrogen-bond donors (Lipinski definition) is 0. The summed E-state index contributed by atoms with van der Waals surface area (Å²) in [7, 11) is 0. The van der Waals surface area contributed by atoms with Gasteiger partial charge in [0.1, 0.15) is 11.5 Å². The fraction of sp³-hybridized carbons (Fsp3) is 0.579. The first kappa shape index (κ1) is 22.5. The molecule has 150 valence electrons. The molecule has 2 rings (SSSR count). The molecule has 0 saturated carbocycles. The zero-order valence-electron chi connectivity index (χ0n) is 16.0. The normalized spacial score (nSPS) is 27.9. The SMILES string of the molecule is CS[C@H]1O[C@@H](c2cc(CBr)c(Cl)cc2C)[C@H](C)[C@@H](OC(C)=O)[C@@H]1OC(C)=O. The Hall–Kier alpha value is -0.760. The van der Waals surface area contributed by atoms with Gasteiger partial charge in [0.25, 0.3) is 0 Å². The van der Waals surface area contributed by atoms with Gasteiger partial charge in [0.05, 0.1) is 6.10 Å². The van der Waals surface area contributed by atoms with Crippen LogP contribution in [0.2, 0.25) is 5.02 Å². The largest absolute Gasteiger partial charge is 0.458 e. The lowest BCUT2D eigenvalue weighted by atomic mass is 9.85. The number of rotatable bonds is 5. The minimum Gasteiger partial charge on any atom is -0.458 e. The van der Waals surface area contributed by atoms with E-state index in [1.807, 2.05) is 32.2 Å². The molecule has 0 radical (unpaired) electrons. The molecule has 0 aliphatic carbocycles. The number of halogens is 2. The van der Waals surface area contributed by atoms with Gasteiger partial charge in [-0.3, -0.25) is 9.59 Å². The second-order valence-corrected chi connectivity index (χ2v) is 8.51. The van der Waals surface area contributed by atoms with Crippen LogP contribution in [0, 0.1) is 12.8 Å². The molecule has 0 bridgehead atoms. The number of thioether (sulfide) groups is 1. The van der Waals surface area contributed by atoms with E-state index in [1.165, 1.54) is 25.6 Å². The van der Waals surface area contributed by atoms with Crippen molar-refractivity contribution < 1.29 is 23.8 Å². The van der Waals surface area contributed by atoms with Gasteiger partial charge in [0.15, 0.2) is 6.10 Å². The van der Waals surface area contributed by atoms with Crippen molar-refractivity contribution in [2.24, 2.45) is 5.92 Å². The summed E-state index contributed by atoms with van der Waals surface area (Å²) in [4.78, 5) is 23.3. The quantitative estimate of drug-likeness (QED) is 0.446. The predicted octanol–water partition coefficient (Wildman–Crippen LogP) is 4.80. The molecule has 1 aliphatic heterocycles. The first-order valence-electron chi connectivity index (χ1n) is 8.57. The Labute approximate surface area is 177 Å². The van der Waals surface area contributed by atoms with Crippen LogP contribution in [-0.2, 0) is 29.1 Å². The number of aryl methyl sites for hydroxylation is 1. The third-order valence-corrected chi connectivity index (χ3v) is 6.39. The summed E-state index contributed by atoms with van der Waals surface area (Å²) in [6.45, 7) is 6.60. The predicted molar refractivity (Wildman–Crippen MR) is 110 cm³/mol. The summed E-state index contributed by atoms with van der Waals surface area (Å²) >= 11 is 11.2. The van der Waals surface area contributed by atoms with Gasteiger partial charge >= 0.3 is 11.9 Å². The third kappa shape index (κ3) is 5.19. The van der Waals surface area contributed by atoms with Crippen LogP contribution in [-0.4, -0.2) is 35.8 Å². The second kappa shape index (κ2) is 9.63. The molecule has 0 aromatic heterocycles. The van der Waals surface area contributed by atoms with Gasteiger partial charge in [-0.2, -0.15) is 0 Å². The smallest absolute Gasteiger partial charge is 0.303 e. The average Bonchev–Trinajstić information content (AvgIpc) is 2.58. The summed E-state index contributed by atoms with van der Waals surface area (Å²) in [5.74, 6) is -1.07. The highest BCUT2D eigenvalue weighted by atomic mass is 79.9. The second-order valence-electron chi connectivity index (χ2n) is 6.60. The molecule has 27 heavy (non-hydrogen) atoms. The standard InChI is InChI=1S/C19H24BrClO5S/c1-9-6-15(21)13(8-20)7-14(9)16-10(2)17(24-11(3)22)18(25-12(4)23)19(26-16)27-5/h6-7,10,16-19H,8H2,1-5H3/t10-,16+,17+,18-,19+/m0/s1. The molecule has 0 spiro atoms. The molecule has 0 N–H and O–H groups in total. The maximum absolute atomic E-state index is 11.7. The summed E-state index contributed by atoms with van der Waals surface area (Å²) in [5, 5.41) is 1.31. The van der Waals surface area contributed by atoms with Gasteiger partial charge in [-0.05, 0) is 35.9 Å². The van der Waals surface area contributed by atoms with Crippen LogP contribution in [0.25, 0.3) is 0 Å². The highest BCUT2D eigenvalue weighted by Crippen LogP contribution is 2.43. The molecular weight excluding hydrogens is 456 g/mol. The van der Waals surface area contributed by atoms with E-state index in [9.17, 15) is 9.59 Å². The van der Waals surface area contributed by atoms with E-state index in [0.29, 0.717) is 10.4 Å². The van der Waals surface area contributed by atoms with E-state index in [4.69, 9.17) is 25.8 Å². The number of carbonyl (C=O) groups is 2. The van der Waals surface area contributed by atoms with Crippen molar-refractivity contribution in [1.82, 2.24) is 0 Å². The molecule has 1 aliphatic rings. The van der Waals surface area contributed by atoms with Crippen LogP contribution < -0.4 is 0 Å². The maximum atomic E-state index is 11.7. The van der Waals surface area contributed by atoms with Crippen molar-refractivity contribution in [3.05, 3.63) is 33.8 Å². The van der Waals surface area contributed by atoms with Gasteiger partial charge in [-0.25, -0.2) is 0 Å². The molecule has 5 atom stereocenters. The Morgan fingerprint density at radius 3 is 2.33 bits per heavy atom. The number of hydrogen-bond acceptors (Lipinski definition) is 6. The van der Waals surface area contributed by atoms with Gasteiger partial charge in [-0.1, -0.05) is 40.5 Å². The van der Waals surface area contributed by atoms with Crippen LogP contribution in [0.3, 0.4) is 0 Å². The zero-order chi connectivity index (χ0) is 20.3. The van der Waals surface area contributed by atoms with Crippen molar-refractivity contribution in [2.45, 2.75) is 56.8 Å². The van der Waals surface area contributed by atoms with E-state index in [2.05, 4.69) is 15.9 Å². The van der Waals surface area contributed by atoms with Crippen molar-refractivity contribution in [3.63, 3.8) is 0 Å². The van der Waals surface area contributed by atoms with Crippen LogP contribution in [0.1, 0.15) is 43.6 Å². The Balaban J connectivity index is 2.47. The van der Waals surface area contributed by atoms with Crippen molar-refractivity contribution in [3.8, 4) is 0 Å². The van der Waals surface area contributed by atoms with E-state index in [0.717, 1.165) is 16.7 Å². The molecule has 1 saturated heterocycles. The van der Waals surface area contributed by atoms with Gasteiger partial charge in [0, 0.05) is 30.1 Å². The Morgan fingerprint density at radius 1 is 1.22 bits per heavy atom. The molecule has 0 unspecified atom stereocenters. The van der Waals surface area contributed by atoms with Gasteiger partial charge in [-0.15, -0.1) is 11.8 Å². The van der Waals surface area contributed by atoms with E-state index in [1.54, 1.807) is 0 Å². The van der Waals surface area contributed by atoms with Crippen molar-refractivity contribution >= 4 is 51.2 Å². The minimum absolute atomic E-state index is 0.218. The molecule has 1 fully saturated rings. The number of esters is 2. The number of benzene rings is 1. The Bertz CT molecular complexity index is 714. The van der Waals surface area contributed by atoms with Crippen LogP contribution in [0.5, 0.6) is 0 Å². The van der Waals surface area contributed by atoms with E-state index in [-0.39, 0.29) is 12.0 Å². The molecule has 1 aromatic carbocycles. The third-order valence-electron chi connectivity index (χ3n) is 4.59. The fourth-order valence-corrected chi connectivity index (χ4v) is 4.96. The van der Waals surface area contributed by atoms with Crippen LogP contribution >= 0.6 is 39.3 Å². The summed E-state index contributed by atoms with van der Waals surface area (Å²) in [6.07, 6.45) is 0.271. The number of carbonyl (C=O) groups excluding carboxylic acids is 2. The lowest BCUT2D eigenvalue weighted by Crippen LogP contribution is -2.52. The number of alkyl halides is 1. The molecule has 1 heterocycles. The zero-order valence-corrected chi connectivity index (χ0v) is 19.1. The maximum Gasteiger partial charge on any atom is 0.303 e. The Morgan fingerprint density at radius 2 is 1.81 bits per heavy atom. The Kier molecular flexibility index (Phi) is 8.04. The molecule has 0 amide bonds. The van der Waals surface area contributed by atoms with Gasteiger partial charge < -0.3 is 14.2 Å². The van der Waals surface area contributed by atoms with Crippen molar-refractivity contribution in [1.29, 1.82) is 0 Å². The first-order chi connectivity index (χ1) is 12.7. The molecular formula is C19H24BrClO5S. The fourth-order valence-electron chi connectivity index (χ4n) is 3.34. The topological polar surface area (TPSA) is 61.8 Å². The highest BCUT2D eigenvalue weighted by Gasteiger charge is 2.48. The average molecular weight is 480 g/mol. The van der Waals surface area contributed by atoms with Crippen LogP contribution in [0.4, 0.5) is 0 Å². The first-order valence-corrected chi connectivity index (χ1v) is 11.4. The molecule has 5 nitrogen and oxygen atoms in total. The summed E-state index contributed by atoms with van der Waals surface area (Å²) in [5.41, 5.74) is 2.48. The van der Waals surface area contributed by atoms with Crippen molar-refractivity contribution in [2.75, 3.05) is 6.26 Å². The highest BCUT2D eigenvalue weighted by molar-refractivity contribution is 9.08. The van der Waals surface area contributed by atoms with Gasteiger partial charge in [0.2, 0.25) is 0 Å². The van der Waals surface area contributed by atoms with E-state index >= 15 is 0 Å². The lowest BCUT2D eigenvalue weighted by molar-refractivity contribution is -0.208. The molecule has 8 heteroatoms. The summed E-state index contributed by atoms with van der Waals surface area (Å²) in [6, 6.07) is 3.93. The minimum atomic E-state index is -0.670. The summed E-state index contributed by atoms with van der Waals surface area (Å²) < 4.78 is 17.4. The monoisotopic (exact) mass is 478 g/mol. The number of ether oxygens (including phenoxy) is 3. The van der Waals surface area contributed by atoms with Crippen LogP contribution in [0.15, 0.2) is 12.1 Å².